The highest BCUT2D eigenvalue weighted by atomic mass is 16.6. The van der Waals surface area contributed by atoms with Gasteiger partial charge in [0, 0.05) is 25.6 Å². The molecule has 1 saturated carbocycles. The van der Waals surface area contributed by atoms with Crippen LogP contribution in [0.3, 0.4) is 0 Å². The summed E-state index contributed by atoms with van der Waals surface area (Å²) in [6.07, 6.45) is 1.81. The van der Waals surface area contributed by atoms with E-state index in [0.717, 1.165) is 11.1 Å². The highest BCUT2D eigenvalue weighted by Crippen LogP contribution is 2.48. The number of imide groups is 1. The molecule has 40 heavy (non-hydrogen) atoms. The summed E-state index contributed by atoms with van der Waals surface area (Å²) in [6, 6.07) is 25.5. The molecule has 3 aromatic carbocycles. The largest absolute Gasteiger partial charge is 0.493 e. The van der Waals surface area contributed by atoms with Gasteiger partial charge in [-0.05, 0) is 54.5 Å². The van der Waals surface area contributed by atoms with Gasteiger partial charge in [-0.25, -0.2) is 9.69 Å². The topological polar surface area (TPSA) is 68.3 Å². The molecular weight excluding hydrogens is 504 g/mol. The molecule has 6 rings (SSSR count). The van der Waals surface area contributed by atoms with Crippen molar-refractivity contribution in [3.8, 4) is 11.5 Å². The van der Waals surface area contributed by atoms with Crippen LogP contribution in [0.5, 0.6) is 11.5 Å². The molecule has 3 atom stereocenters. The molecule has 0 radical (unpaired) electrons. The average molecular weight is 541 g/mol. The van der Waals surface area contributed by atoms with Crippen LogP contribution >= 0.6 is 0 Å². The number of nitrogens with zero attached hydrogens (tertiary/aromatic N) is 2. The molecule has 0 bridgehead atoms. The third-order valence-electron chi connectivity index (χ3n) is 8.54. The van der Waals surface area contributed by atoms with Gasteiger partial charge in [0.25, 0.3) is 0 Å². The van der Waals surface area contributed by atoms with E-state index in [-0.39, 0.29) is 18.4 Å². The predicted molar refractivity (Wildman–Crippen MR) is 151 cm³/mol. The van der Waals surface area contributed by atoms with Crippen LogP contribution in [0.25, 0.3) is 0 Å². The van der Waals surface area contributed by atoms with E-state index in [4.69, 9.17) is 14.2 Å². The van der Waals surface area contributed by atoms with Gasteiger partial charge in [0.15, 0.2) is 11.5 Å². The highest BCUT2D eigenvalue weighted by Gasteiger charge is 2.54. The number of carbonyl (C=O) groups is 2. The number of benzene rings is 3. The Kier molecular flexibility index (Phi) is 7.24. The third-order valence-corrected chi connectivity index (χ3v) is 8.54. The highest BCUT2D eigenvalue weighted by molar-refractivity contribution is 5.97. The number of amides is 2. The number of hydrogen-bond donors (Lipinski definition) is 0. The standard InChI is InChI=1S/C33H36N2O5/c1-33(31(36)35-28(21-40-32(35)37)25-11-7-4-8-12-25)22-34(18-23-9-5-3-6-10-23)19-27(33)26-15-16-29(38-2)30(17-26)39-20-24-13-14-24/h3-12,15-17,24,27-28H,13-14,18-22H2,1-2H3/t27?,28-,33?/m0/s1. The zero-order chi connectivity index (χ0) is 27.7. The van der Waals surface area contributed by atoms with Crippen LogP contribution in [-0.2, 0) is 16.1 Å². The molecule has 3 aromatic rings. The lowest BCUT2D eigenvalue weighted by Crippen LogP contribution is -2.47. The van der Waals surface area contributed by atoms with Crippen molar-refractivity contribution in [1.29, 1.82) is 0 Å². The van der Waals surface area contributed by atoms with Crippen LogP contribution in [0.1, 0.15) is 48.4 Å². The summed E-state index contributed by atoms with van der Waals surface area (Å²) in [7, 11) is 1.65. The van der Waals surface area contributed by atoms with Crippen LogP contribution in [0.4, 0.5) is 4.79 Å². The molecule has 2 saturated heterocycles. The van der Waals surface area contributed by atoms with Crippen molar-refractivity contribution in [3.05, 3.63) is 95.6 Å². The minimum Gasteiger partial charge on any atom is -0.493 e. The first-order valence-corrected chi connectivity index (χ1v) is 14.1. The number of carbonyl (C=O) groups excluding carboxylic acids is 2. The second-order valence-electron chi connectivity index (χ2n) is 11.5. The number of likely N-dealkylation sites (tertiary alicyclic amines) is 1. The lowest BCUT2D eigenvalue weighted by Gasteiger charge is -2.34. The Labute approximate surface area is 235 Å². The Hall–Kier alpha value is -3.84. The summed E-state index contributed by atoms with van der Waals surface area (Å²) in [4.78, 5) is 31.2. The van der Waals surface area contributed by atoms with E-state index in [0.29, 0.717) is 43.7 Å². The number of cyclic esters (lactones) is 1. The smallest absolute Gasteiger partial charge is 0.417 e. The molecular formula is C33H36N2O5. The zero-order valence-electron chi connectivity index (χ0n) is 23.1. The minimum absolute atomic E-state index is 0.157. The predicted octanol–water partition coefficient (Wildman–Crippen LogP) is 5.81. The second-order valence-corrected chi connectivity index (χ2v) is 11.5. The maximum atomic E-state index is 14.5. The Morgan fingerprint density at radius 3 is 2.40 bits per heavy atom. The Morgan fingerprint density at radius 2 is 1.70 bits per heavy atom. The van der Waals surface area contributed by atoms with Gasteiger partial charge < -0.3 is 14.2 Å². The number of rotatable bonds is 9. The Balaban J connectivity index is 1.35. The lowest BCUT2D eigenvalue weighted by atomic mass is 9.74. The first-order chi connectivity index (χ1) is 19.5. The van der Waals surface area contributed by atoms with E-state index < -0.39 is 17.6 Å². The van der Waals surface area contributed by atoms with E-state index >= 15 is 0 Å². The molecule has 2 aliphatic heterocycles. The second kappa shape index (κ2) is 11.0. The normalized spacial score (nSPS) is 24.6. The molecule has 7 heteroatoms. The summed E-state index contributed by atoms with van der Waals surface area (Å²) in [5.41, 5.74) is 2.21. The van der Waals surface area contributed by atoms with Gasteiger partial charge in [-0.15, -0.1) is 0 Å². The molecule has 0 N–H and O–H groups in total. The van der Waals surface area contributed by atoms with Crippen molar-refractivity contribution in [3.63, 3.8) is 0 Å². The molecule has 2 amide bonds. The molecule has 0 aromatic heterocycles. The van der Waals surface area contributed by atoms with Crippen LogP contribution in [0.2, 0.25) is 0 Å². The minimum atomic E-state index is -0.868. The summed E-state index contributed by atoms with van der Waals surface area (Å²) in [6.45, 7) is 4.72. The van der Waals surface area contributed by atoms with Gasteiger partial charge >= 0.3 is 6.09 Å². The van der Waals surface area contributed by atoms with Crippen LogP contribution in [-0.4, -0.2) is 55.2 Å². The third kappa shape index (κ3) is 5.18. The molecule has 7 nitrogen and oxygen atoms in total. The van der Waals surface area contributed by atoms with Crippen molar-refractivity contribution in [2.45, 2.75) is 38.3 Å². The number of hydrogen-bond acceptors (Lipinski definition) is 6. The van der Waals surface area contributed by atoms with Gasteiger partial charge in [0.05, 0.1) is 19.1 Å². The maximum absolute atomic E-state index is 14.5. The molecule has 208 valence electrons. The molecule has 2 heterocycles. The van der Waals surface area contributed by atoms with Gasteiger partial charge in [0.2, 0.25) is 5.91 Å². The van der Waals surface area contributed by atoms with E-state index in [2.05, 4.69) is 17.0 Å². The zero-order valence-corrected chi connectivity index (χ0v) is 23.1. The fourth-order valence-electron chi connectivity index (χ4n) is 6.11. The Bertz CT molecular complexity index is 1360. The fourth-order valence-corrected chi connectivity index (χ4v) is 6.11. The van der Waals surface area contributed by atoms with Crippen LogP contribution in [0.15, 0.2) is 78.9 Å². The van der Waals surface area contributed by atoms with E-state index in [9.17, 15) is 9.59 Å². The monoisotopic (exact) mass is 540 g/mol. The Morgan fingerprint density at radius 1 is 0.975 bits per heavy atom. The fraction of sp³-hybridized carbons (Fsp3) is 0.394. The van der Waals surface area contributed by atoms with Crippen molar-refractivity contribution in [1.82, 2.24) is 9.80 Å². The van der Waals surface area contributed by atoms with Gasteiger partial charge in [-0.2, -0.15) is 0 Å². The number of ether oxygens (including phenoxy) is 3. The molecule has 2 unspecified atom stereocenters. The van der Waals surface area contributed by atoms with E-state index in [1.165, 1.54) is 23.3 Å². The van der Waals surface area contributed by atoms with Crippen molar-refractivity contribution in [2.24, 2.45) is 11.3 Å². The molecule has 3 fully saturated rings. The van der Waals surface area contributed by atoms with Crippen molar-refractivity contribution < 1.29 is 23.8 Å². The molecule has 3 aliphatic rings. The quantitative estimate of drug-likeness (QED) is 0.341. The summed E-state index contributed by atoms with van der Waals surface area (Å²) >= 11 is 0. The van der Waals surface area contributed by atoms with Crippen molar-refractivity contribution in [2.75, 3.05) is 33.4 Å². The first-order valence-electron chi connectivity index (χ1n) is 14.1. The van der Waals surface area contributed by atoms with Gasteiger partial charge in [-0.1, -0.05) is 66.7 Å². The average Bonchev–Trinajstić information content (AvgIpc) is 3.65. The van der Waals surface area contributed by atoms with E-state index in [1.54, 1.807) is 7.11 Å². The lowest BCUT2D eigenvalue weighted by molar-refractivity contribution is -0.139. The molecule has 1 aliphatic carbocycles. The van der Waals surface area contributed by atoms with Gasteiger partial charge in [-0.3, -0.25) is 9.69 Å². The van der Waals surface area contributed by atoms with Crippen LogP contribution < -0.4 is 9.47 Å². The molecule has 0 spiro atoms. The summed E-state index contributed by atoms with van der Waals surface area (Å²) in [5.74, 6) is 1.61. The maximum Gasteiger partial charge on any atom is 0.417 e. The summed E-state index contributed by atoms with van der Waals surface area (Å²) in [5, 5.41) is 0. The van der Waals surface area contributed by atoms with Gasteiger partial charge in [0.1, 0.15) is 12.6 Å². The first kappa shape index (κ1) is 26.4. The SMILES string of the molecule is COc1ccc(C2CN(Cc3ccccc3)CC2(C)C(=O)N2C(=O)OC[C@H]2c2ccccc2)cc1OCC1CC1. The summed E-state index contributed by atoms with van der Waals surface area (Å²) < 4.78 is 17.2. The number of methoxy groups -OCH3 is 1. The van der Waals surface area contributed by atoms with E-state index in [1.807, 2.05) is 73.7 Å². The van der Waals surface area contributed by atoms with Crippen LogP contribution in [0, 0.1) is 11.3 Å². The van der Waals surface area contributed by atoms with Crippen molar-refractivity contribution >= 4 is 12.0 Å².